The number of carbonyl (C=O) groups is 1. The molecule has 1 saturated carbocycles. The van der Waals surface area contributed by atoms with E-state index in [1.165, 1.54) is 19.3 Å². The van der Waals surface area contributed by atoms with E-state index in [-0.39, 0.29) is 5.56 Å². The van der Waals surface area contributed by atoms with Crippen LogP contribution in [0.5, 0.6) is 5.75 Å². The number of aromatic carboxylic acids is 1. The van der Waals surface area contributed by atoms with Crippen LogP contribution in [0, 0.1) is 5.92 Å². The Balaban J connectivity index is 1.77. The first-order valence-corrected chi connectivity index (χ1v) is 6.80. The molecule has 0 heterocycles. The summed E-state index contributed by atoms with van der Waals surface area (Å²) in [6, 6.07) is 6.77. The van der Waals surface area contributed by atoms with Gasteiger partial charge in [0, 0.05) is 13.1 Å². The molecule has 0 bridgehead atoms. The van der Waals surface area contributed by atoms with Crippen LogP contribution in [0.3, 0.4) is 0 Å². The van der Waals surface area contributed by atoms with E-state index in [9.17, 15) is 4.79 Å². The van der Waals surface area contributed by atoms with E-state index >= 15 is 0 Å². The molecular formula is C15H21NO3. The molecule has 1 aromatic rings. The molecule has 1 aliphatic carbocycles. The van der Waals surface area contributed by atoms with Crippen LogP contribution in [0.15, 0.2) is 24.3 Å². The molecule has 0 spiro atoms. The van der Waals surface area contributed by atoms with E-state index in [0.717, 1.165) is 19.0 Å². The standard InChI is InChI=1S/C15H21NO3/c1-16(11-12-5-4-6-12)9-10-19-14-8-3-2-7-13(14)15(17)18/h2-3,7-8,12H,4-6,9-11H2,1H3,(H,17,18). The average Bonchev–Trinajstić information content (AvgIpc) is 2.34. The maximum Gasteiger partial charge on any atom is 0.339 e. The molecule has 0 aliphatic heterocycles. The number of hydrogen-bond donors (Lipinski definition) is 1. The molecule has 0 aromatic heterocycles. The zero-order valence-corrected chi connectivity index (χ0v) is 11.3. The first-order valence-electron chi connectivity index (χ1n) is 6.80. The normalized spacial score (nSPS) is 15.3. The van der Waals surface area contributed by atoms with Crippen LogP contribution in [0.1, 0.15) is 29.6 Å². The van der Waals surface area contributed by atoms with Crippen molar-refractivity contribution in [3.05, 3.63) is 29.8 Å². The molecular weight excluding hydrogens is 242 g/mol. The van der Waals surface area contributed by atoms with Crippen LogP contribution in [0.4, 0.5) is 0 Å². The van der Waals surface area contributed by atoms with E-state index in [1.807, 2.05) is 0 Å². The number of rotatable bonds is 7. The third kappa shape index (κ3) is 3.96. The van der Waals surface area contributed by atoms with Crippen molar-refractivity contribution in [3.63, 3.8) is 0 Å². The number of para-hydroxylation sites is 1. The highest BCUT2D eigenvalue weighted by Crippen LogP contribution is 2.26. The highest BCUT2D eigenvalue weighted by molar-refractivity contribution is 5.90. The van der Waals surface area contributed by atoms with Gasteiger partial charge in [-0.15, -0.1) is 0 Å². The molecule has 0 saturated heterocycles. The summed E-state index contributed by atoms with van der Waals surface area (Å²) in [6.07, 6.45) is 4.04. The minimum absolute atomic E-state index is 0.226. The highest BCUT2D eigenvalue weighted by Gasteiger charge is 2.18. The molecule has 0 radical (unpaired) electrons. The quantitative estimate of drug-likeness (QED) is 0.821. The Morgan fingerprint density at radius 3 is 2.79 bits per heavy atom. The molecule has 0 amide bonds. The lowest BCUT2D eigenvalue weighted by molar-refractivity contribution is 0.0691. The van der Waals surface area contributed by atoms with Crippen molar-refractivity contribution in [2.24, 2.45) is 5.92 Å². The summed E-state index contributed by atoms with van der Waals surface area (Å²) in [7, 11) is 2.09. The summed E-state index contributed by atoms with van der Waals surface area (Å²) in [5.41, 5.74) is 0.226. The number of likely N-dealkylation sites (N-methyl/N-ethyl adjacent to an activating group) is 1. The van der Waals surface area contributed by atoms with Gasteiger partial charge in [-0.25, -0.2) is 4.79 Å². The second-order valence-corrected chi connectivity index (χ2v) is 5.21. The number of ether oxygens (including phenoxy) is 1. The Labute approximate surface area is 114 Å². The lowest BCUT2D eigenvalue weighted by Gasteiger charge is -2.30. The fraction of sp³-hybridized carbons (Fsp3) is 0.533. The van der Waals surface area contributed by atoms with Crippen LogP contribution in [0.2, 0.25) is 0 Å². The Morgan fingerprint density at radius 1 is 1.42 bits per heavy atom. The molecule has 4 heteroatoms. The summed E-state index contributed by atoms with van der Waals surface area (Å²) < 4.78 is 5.58. The minimum atomic E-state index is -0.946. The number of carboxylic acid groups (broad SMARTS) is 1. The summed E-state index contributed by atoms with van der Waals surface area (Å²) in [5.74, 6) is 0.349. The summed E-state index contributed by atoms with van der Waals surface area (Å²) in [6.45, 7) is 2.46. The number of hydrogen-bond acceptors (Lipinski definition) is 3. The monoisotopic (exact) mass is 263 g/mol. The van der Waals surface area contributed by atoms with Crippen LogP contribution < -0.4 is 4.74 Å². The fourth-order valence-electron chi connectivity index (χ4n) is 2.29. The van der Waals surface area contributed by atoms with Gasteiger partial charge in [-0.1, -0.05) is 18.6 Å². The second kappa shape index (κ2) is 6.57. The first-order chi connectivity index (χ1) is 9.16. The van der Waals surface area contributed by atoms with Gasteiger partial charge in [-0.05, 0) is 37.9 Å². The predicted octanol–water partition coefficient (Wildman–Crippen LogP) is 2.50. The van der Waals surface area contributed by atoms with Crippen LogP contribution in [-0.2, 0) is 0 Å². The molecule has 104 valence electrons. The summed E-state index contributed by atoms with van der Waals surface area (Å²) in [5, 5.41) is 9.04. The van der Waals surface area contributed by atoms with E-state index in [4.69, 9.17) is 9.84 Å². The molecule has 1 N–H and O–H groups in total. The fourth-order valence-corrected chi connectivity index (χ4v) is 2.29. The summed E-state index contributed by atoms with van der Waals surface area (Å²) in [4.78, 5) is 13.3. The Bertz CT molecular complexity index is 429. The van der Waals surface area contributed by atoms with Crippen molar-refractivity contribution in [1.29, 1.82) is 0 Å². The van der Waals surface area contributed by atoms with Gasteiger partial charge in [-0.3, -0.25) is 0 Å². The third-order valence-corrected chi connectivity index (χ3v) is 3.64. The van der Waals surface area contributed by atoms with Gasteiger partial charge in [-0.2, -0.15) is 0 Å². The number of benzene rings is 1. The van der Waals surface area contributed by atoms with E-state index < -0.39 is 5.97 Å². The molecule has 19 heavy (non-hydrogen) atoms. The second-order valence-electron chi connectivity index (χ2n) is 5.21. The van der Waals surface area contributed by atoms with Crippen LogP contribution in [-0.4, -0.2) is 42.7 Å². The zero-order valence-electron chi connectivity index (χ0n) is 11.3. The van der Waals surface area contributed by atoms with Gasteiger partial charge < -0.3 is 14.7 Å². The molecule has 0 atom stereocenters. The van der Waals surface area contributed by atoms with Crippen LogP contribution >= 0.6 is 0 Å². The molecule has 0 unspecified atom stereocenters. The Kier molecular flexibility index (Phi) is 4.80. The Hall–Kier alpha value is -1.55. The largest absolute Gasteiger partial charge is 0.491 e. The van der Waals surface area contributed by atoms with Gasteiger partial charge in [0.25, 0.3) is 0 Å². The highest BCUT2D eigenvalue weighted by atomic mass is 16.5. The van der Waals surface area contributed by atoms with Gasteiger partial charge in [0.15, 0.2) is 0 Å². The average molecular weight is 263 g/mol. The van der Waals surface area contributed by atoms with Gasteiger partial charge in [0.05, 0.1) is 0 Å². The van der Waals surface area contributed by atoms with Crippen molar-refractivity contribution >= 4 is 5.97 Å². The smallest absolute Gasteiger partial charge is 0.339 e. The molecule has 2 rings (SSSR count). The van der Waals surface area contributed by atoms with Crippen molar-refractivity contribution in [3.8, 4) is 5.75 Å². The van der Waals surface area contributed by atoms with E-state index in [2.05, 4.69) is 11.9 Å². The molecule has 1 aromatic carbocycles. The van der Waals surface area contributed by atoms with E-state index in [0.29, 0.717) is 12.4 Å². The lowest BCUT2D eigenvalue weighted by atomic mass is 9.85. The van der Waals surface area contributed by atoms with Crippen molar-refractivity contribution < 1.29 is 14.6 Å². The van der Waals surface area contributed by atoms with E-state index in [1.54, 1.807) is 24.3 Å². The Morgan fingerprint density at radius 2 is 2.16 bits per heavy atom. The van der Waals surface area contributed by atoms with Crippen LogP contribution in [0.25, 0.3) is 0 Å². The first kappa shape index (κ1) is 13.9. The van der Waals surface area contributed by atoms with Gasteiger partial charge >= 0.3 is 5.97 Å². The van der Waals surface area contributed by atoms with Gasteiger partial charge in [0.2, 0.25) is 0 Å². The molecule has 1 fully saturated rings. The number of nitrogens with zero attached hydrogens (tertiary/aromatic N) is 1. The predicted molar refractivity (Wildman–Crippen MR) is 73.7 cm³/mol. The molecule has 4 nitrogen and oxygen atoms in total. The zero-order chi connectivity index (χ0) is 13.7. The molecule has 1 aliphatic rings. The lowest BCUT2D eigenvalue weighted by Crippen LogP contribution is -2.32. The van der Waals surface area contributed by atoms with Crippen molar-refractivity contribution in [2.75, 3.05) is 26.7 Å². The summed E-state index contributed by atoms with van der Waals surface area (Å²) >= 11 is 0. The minimum Gasteiger partial charge on any atom is -0.491 e. The number of carboxylic acids is 1. The van der Waals surface area contributed by atoms with Crippen molar-refractivity contribution in [1.82, 2.24) is 4.90 Å². The third-order valence-electron chi connectivity index (χ3n) is 3.64. The maximum atomic E-state index is 11.0. The van der Waals surface area contributed by atoms with Gasteiger partial charge in [0.1, 0.15) is 17.9 Å². The topological polar surface area (TPSA) is 49.8 Å². The van der Waals surface area contributed by atoms with Crippen molar-refractivity contribution in [2.45, 2.75) is 19.3 Å². The maximum absolute atomic E-state index is 11.0. The SMILES string of the molecule is CN(CCOc1ccccc1C(=O)O)CC1CCC1.